The summed E-state index contributed by atoms with van der Waals surface area (Å²) in [5.74, 6) is 1.15. The van der Waals surface area contributed by atoms with Gasteiger partial charge in [0.25, 0.3) is 0 Å². The molecule has 0 nitrogen and oxygen atoms in total. The molecule has 0 spiro atoms. The molecule has 2 aliphatic carbocycles. The fourth-order valence-corrected chi connectivity index (χ4v) is 5.47. The Morgan fingerprint density at radius 3 is 2.04 bits per heavy atom. The van der Waals surface area contributed by atoms with Crippen LogP contribution >= 0.6 is 0 Å². The van der Waals surface area contributed by atoms with E-state index >= 15 is 0 Å². The van der Waals surface area contributed by atoms with E-state index in [1.54, 1.807) is 11.1 Å². The molecular weight excluding hydrogens is 336 g/mol. The summed E-state index contributed by atoms with van der Waals surface area (Å²) in [4.78, 5) is 0. The fraction of sp³-hybridized carbons (Fsp3) is 0.250. The van der Waals surface area contributed by atoms with Crippen LogP contribution < -0.4 is 0 Å². The van der Waals surface area contributed by atoms with Crippen molar-refractivity contribution in [2.45, 2.75) is 38.0 Å². The average molecular weight is 360 g/mol. The summed E-state index contributed by atoms with van der Waals surface area (Å²) in [6.45, 7) is 0. The largest absolute Gasteiger partial charge is 0.0616 e. The topological polar surface area (TPSA) is 0 Å². The van der Waals surface area contributed by atoms with E-state index in [9.17, 15) is 0 Å². The maximum atomic E-state index is 3.95. The molecule has 2 atom stereocenters. The average Bonchev–Trinajstić information content (AvgIpc) is 2.75. The summed E-state index contributed by atoms with van der Waals surface area (Å²) in [7, 11) is 0. The smallest absolute Gasteiger partial charge is 0.0208 e. The number of benzene rings is 4. The van der Waals surface area contributed by atoms with Gasteiger partial charge in [0.1, 0.15) is 0 Å². The van der Waals surface area contributed by atoms with Crippen molar-refractivity contribution in [3.63, 3.8) is 0 Å². The lowest BCUT2D eigenvalue weighted by Crippen LogP contribution is -2.23. The third-order valence-corrected chi connectivity index (χ3v) is 6.89. The number of hydrogen-bond acceptors (Lipinski definition) is 0. The van der Waals surface area contributed by atoms with Crippen molar-refractivity contribution in [1.29, 1.82) is 0 Å². The van der Waals surface area contributed by atoms with Crippen molar-refractivity contribution in [2.75, 3.05) is 0 Å². The van der Waals surface area contributed by atoms with Crippen molar-refractivity contribution >= 4 is 21.5 Å². The van der Waals surface area contributed by atoms with Crippen LogP contribution in [-0.4, -0.2) is 0 Å². The molecule has 0 bridgehead atoms. The summed E-state index contributed by atoms with van der Waals surface area (Å²) in [6, 6.07) is 27.2. The molecule has 0 saturated heterocycles. The van der Waals surface area contributed by atoms with E-state index in [4.69, 9.17) is 0 Å². The molecule has 0 heteroatoms. The van der Waals surface area contributed by atoms with Gasteiger partial charge >= 0.3 is 0 Å². The van der Waals surface area contributed by atoms with Crippen molar-refractivity contribution < 1.29 is 0 Å². The molecule has 28 heavy (non-hydrogen) atoms. The molecule has 0 N–H and O–H groups in total. The fourth-order valence-electron chi connectivity index (χ4n) is 5.47. The van der Waals surface area contributed by atoms with Gasteiger partial charge in [-0.1, -0.05) is 72.8 Å². The molecule has 136 valence electrons. The van der Waals surface area contributed by atoms with Gasteiger partial charge in [-0.25, -0.2) is 0 Å². The maximum Gasteiger partial charge on any atom is 0.0208 e. The first-order valence-electron chi connectivity index (χ1n) is 10.6. The molecule has 4 aromatic carbocycles. The van der Waals surface area contributed by atoms with Gasteiger partial charge in [-0.05, 0) is 87.7 Å². The third kappa shape index (κ3) is 2.66. The summed E-state index contributed by atoms with van der Waals surface area (Å²) in [6.07, 6.45) is 10.2. The maximum absolute atomic E-state index is 3.95. The first-order chi connectivity index (χ1) is 13.8. The number of hydrogen-bond donors (Lipinski definition) is 0. The van der Waals surface area contributed by atoms with E-state index < -0.39 is 0 Å². The number of rotatable bonds is 1. The molecule has 0 aliphatic heterocycles. The van der Waals surface area contributed by atoms with Crippen LogP contribution in [0.15, 0.2) is 72.8 Å². The quantitative estimate of drug-likeness (QED) is 0.339. The third-order valence-electron chi connectivity index (χ3n) is 6.89. The predicted molar refractivity (Wildman–Crippen MR) is 118 cm³/mol. The van der Waals surface area contributed by atoms with Gasteiger partial charge in [0, 0.05) is 6.42 Å². The minimum Gasteiger partial charge on any atom is -0.0616 e. The zero-order valence-corrected chi connectivity index (χ0v) is 16.1. The molecule has 2 aliphatic rings. The second-order valence-corrected chi connectivity index (χ2v) is 8.54. The van der Waals surface area contributed by atoms with Crippen molar-refractivity contribution in [1.82, 2.24) is 0 Å². The first kappa shape index (κ1) is 16.4. The molecule has 0 aromatic heterocycles. The van der Waals surface area contributed by atoms with Gasteiger partial charge in [0.15, 0.2) is 0 Å². The standard InChI is InChI=1S/C28H24/c1-2-8-21-16-26-17-25(13-12-23(26)14-19(21)6-1)27-11-5-10-24-15-20-7-3-4-9-22(20)18-28(24)27/h1-4,6-9,14-16,18,25,27H,5,10-13H2. The second-order valence-electron chi connectivity index (χ2n) is 8.54. The van der Waals surface area contributed by atoms with Crippen LogP contribution in [0.2, 0.25) is 0 Å². The SMILES string of the molecule is [C]1c2cc3ccccc3cc2CCC1C1CCCc2cc3ccccc3cc21. The molecular formula is C28H24. The Kier molecular flexibility index (Phi) is 3.79. The van der Waals surface area contributed by atoms with Crippen LogP contribution in [0.25, 0.3) is 21.5 Å². The molecule has 4 aromatic rings. The van der Waals surface area contributed by atoms with Crippen molar-refractivity contribution in [3.05, 3.63) is 101 Å². The molecule has 0 heterocycles. The van der Waals surface area contributed by atoms with Gasteiger partial charge in [-0.3, -0.25) is 0 Å². The van der Waals surface area contributed by atoms with E-state index in [-0.39, 0.29) is 0 Å². The highest BCUT2D eigenvalue weighted by Crippen LogP contribution is 2.45. The lowest BCUT2D eigenvalue weighted by atomic mass is 9.69. The first-order valence-corrected chi connectivity index (χ1v) is 10.6. The van der Waals surface area contributed by atoms with Gasteiger partial charge in [-0.2, -0.15) is 0 Å². The zero-order chi connectivity index (χ0) is 18.5. The molecule has 6 rings (SSSR count). The van der Waals surface area contributed by atoms with Crippen LogP contribution in [-0.2, 0) is 12.8 Å². The monoisotopic (exact) mass is 360 g/mol. The van der Waals surface area contributed by atoms with Gasteiger partial charge in [0.05, 0.1) is 0 Å². The van der Waals surface area contributed by atoms with Crippen LogP contribution in [0.3, 0.4) is 0 Å². The van der Waals surface area contributed by atoms with Crippen molar-refractivity contribution in [3.8, 4) is 0 Å². The molecule has 0 saturated carbocycles. The summed E-state index contributed by atoms with van der Waals surface area (Å²) in [5, 5.41) is 5.46. The Bertz CT molecular complexity index is 1180. The predicted octanol–water partition coefficient (Wildman–Crippen LogP) is 7.10. The normalized spacial score (nSPS) is 21.4. The van der Waals surface area contributed by atoms with Crippen molar-refractivity contribution in [2.24, 2.45) is 5.92 Å². The Morgan fingerprint density at radius 2 is 1.29 bits per heavy atom. The Hall–Kier alpha value is -2.60. The van der Waals surface area contributed by atoms with E-state index in [0.29, 0.717) is 11.8 Å². The summed E-state index contributed by atoms with van der Waals surface area (Å²) in [5.41, 5.74) is 5.99. The Morgan fingerprint density at radius 1 is 0.643 bits per heavy atom. The highest BCUT2D eigenvalue weighted by molar-refractivity contribution is 5.85. The minimum atomic E-state index is 0.536. The Labute approximate surface area is 167 Å². The van der Waals surface area contributed by atoms with E-state index in [1.807, 2.05) is 0 Å². The highest BCUT2D eigenvalue weighted by atomic mass is 14.4. The second kappa shape index (κ2) is 6.48. The minimum absolute atomic E-state index is 0.536. The molecule has 2 unspecified atom stereocenters. The van der Waals surface area contributed by atoms with E-state index in [0.717, 1.165) is 0 Å². The summed E-state index contributed by atoms with van der Waals surface area (Å²) >= 11 is 0. The van der Waals surface area contributed by atoms with E-state index in [1.165, 1.54) is 64.8 Å². The van der Waals surface area contributed by atoms with Crippen LogP contribution in [0, 0.1) is 12.3 Å². The highest BCUT2D eigenvalue weighted by Gasteiger charge is 2.31. The van der Waals surface area contributed by atoms with Crippen LogP contribution in [0.4, 0.5) is 0 Å². The van der Waals surface area contributed by atoms with Crippen LogP contribution in [0.1, 0.15) is 47.4 Å². The number of aryl methyl sites for hydroxylation is 2. The van der Waals surface area contributed by atoms with Gasteiger partial charge in [-0.15, -0.1) is 0 Å². The van der Waals surface area contributed by atoms with Gasteiger partial charge in [0.2, 0.25) is 0 Å². The Balaban J connectivity index is 1.39. The molecule has 0 fully saturated rings. The summed E-state index contributed by atoms with van der Waals surface area (Å²) < 4.78 is 0. The lowest BCUT2D eigenvalue weighted by molar-refractivity contribution is 0.394. The number of fused-ring (bicyclic) bond motifs is 4. The molecule has 2 radical (unpaired) electrons. The molecule has 0 amide bonds. The zero-order valence-electron chi connectivity index (χ0n) is 16.1. The van der Waals surface area contributed by atoms with Crippen LogP contribution in [0.5, 0.6) is 0 Å². The lowest BCUT2D eigenvalue weighted by Gasteiger charge is -2.35. The van der Waals surface area contributed by atoms with E-state index in [2.05, 4.69) is 79.2 Å². The van der Waals surface area contributed by atoms with Gasteiger partial charge < -0.3 is 0 Å².